The van der Waals surface area contributed by atoms with Gasteiger partial charge in [0.15, 0.2) is 0 Å². The molecule has 0 aliphatic rings. The molecular formula is C34H35ClN4O7S. The number of halogens is 1. The fraction of sp³-hybridized carbons (Fsp3) is 0.235. The fourth-order valence-corrected chi connectivity index (χ4v) is 6.64. The van der Waals surface area contributed by atoms with Gasteiger partial charge in [0.2, 0.25) is 11.8 Å². The molecule has 0 saturated carbocycles. The summed E-state index contributed by atoms with van der Waals surface area (Å²) < 4.78 is 34.6. The van der Waals surface area contributed by atoms with Gasteiger partial charge in [0.1, 0.15) is 18.3 Å². The van der Waals surface area contributed by atoms with Crippen molar-refractivity contribution in [1.82, 2.24) is 10.2 Å². The van der Waals surface area contributed by atoms with Crippen LogP contribution in [0.4, 0.5) is 11.4 Å². The zero-order valence-electron chi connectivity index (χ0n) is 26.1. The van der Waals surface area contributed by atoms with E-state index >= 15 is 0 Å². The first kappa shape index (κ1) is 34.9. The quantitative estimate of drug-likeness (QED) is 0.137. The summed E-state index contributed by atoms with van der Waals surface area (Å²) in [6.07, 6.45) is 0.141. The molecule has 13 heteroatoms. The summed E-state index contributed by atoms with van der Waals surface area (Å²) in [5.74, 6) is -0.675. The van der Waals surface area contributed by atoms with Crippen molar-refractivity contribution in [3.05, 3.63) is 129 Å². The molecule has 246 valence electrons. The standard InChI is InChI=1S/C34H35ClN4O7S/c1-4-36-34(41)32(20-25-10-6-5-7-11-25)37(22-26-12-8-9-13-30(26)35)33(40)23-38(27-15-17-28(46-3)18-16-27)47(44,45)29-19-14-24(2)31(21-29)39(42)43/h5-19,21,32H,4,20,22-23H2,1-3H3,(H,36,41)/t32-/m1/s1. The van der Waals surface area contributed by atoms with Gasteiger partial charge in [-0.05, 0) is 61.4 Å². The molecule has 0 aliphatic carbocycles. The highest BCUT2D eigenvalue weighted by Gasteiger charge is 2.35. The number of aryl methyl sites for hydroxylation is 1. The maximum absolute atomic E-state index is 14.5. The van der Waals surface area contributed by atoms with Crippen molar-refractivity contribution in [3.63, 3.8) is 0 Å². The van der Waals surface area contributed by atoms with E-state index in [4.69, 9.17) is 16.3 Å². The molecule has 0 fully saturated rings. The van der Waals surface area contributed by atoms with Gasteiger partial charge in [-0.2, -0.15) is 0 Å². The van der Waals surface area contributed by atoms with Gasteiger partial charge < -0.3 is 15.0 Å². The van der Waals surface area contributed by atoms with Crippen molar-refractivity contribution in [2.24, 2.45) is 0 Å². The van der Waals surface area contributed by atoms with E-state index in [1.165, 1.54) is 55.3 Å². The second-order valence-corrected chi connectivity index (χ2v) is 12.9. The van der Waals surface area contributed by atoms with Gasteiger partial charge in [-0.15, -0.1) is 0 Å². The minimum Gasteiger partial charge on any atom is -0.497 e. The number of rotatable bonds is 14. The number of nitrogens with one attached hydrogen (secondary N) is 1. The van der Waals surface area contributed by atoms with Gasteiger partial charge in [0.25, 0.3) is 15.7 Å². The zero-order valence-corrected chi connectivity index (χ0v) is 27.7. The predicted molar refractivity (Wildman–Crippen MR) is 180 cm³/mol. The average molecular weight is 679 g/mol. The Morgan fingerprint density at radius 2 is 1.64 bits per heavy atom. The first-order valence-electron chi connectivity index (χ1n) is 14.7. The molecular weight excluding hydrogens is 644 g/mol. The number of benzene rings is 4. The number of carbonyl (C=O) groups excluding carboxylic acids is 2. The van der Waals surface area contributed by atoms with Crippen LogP contribution in [-0.2, 0) is 32.6 Å². The molecule has 0 aromatic heterocycles. The third-order valence-electron chi connectivity index (χ3n) is 7.53. The van der Waals surface area contributed by atoms with E-state index in [0.717, 1.165) is 15.9 Å². The van der Waals surface area contributed by atoms with Crippen molar-refractivity contribution in [2.75, 3.05) is 24.5 Å². The van der Waals surface area contributed by atoms with E-state index in [9.17, 15) is 28.1 Å². The monoisotopic (exact) mass is 678 g/mol. The van der Waals surface area contributed by atoms with Crippen LogP contribution in [-0.4, -0.2) is 56.3 Å². The van der Waals surface area contributed by atoms with Crippen molar-refractivity contribution in [2.45, 2.75) is 37.8 Å². The molecule has 4 aromatic carbocycles. The molecule has 0 heterocycles. The summed E-state index contributed by atoms with van der Waals surface area (Å²) in [4.78, 5) is 40.1. The number of nitrogens with zero attached hydrogens (tertiary/aromatic N) is 3. The van der Waals surface area contributed by atoms with E-state index in [2.05, 4.69) is 5.32 Å². The Kier molecular flexibility index (Phi) is 11.6. The highest BCUT2D eigenvalue weighted by Crippen LogP contribution is 2.30. The normalized spacial score (nSPS) is 11.7. The maximum Gasteiger partial charge on any atom is 0.273 e. The smallest absolute Gasteiger partial charge is 0.273 e. The van der Waals surface area contributed by atoms with E-state index in [1.807, 2.05) is 30.3 Å². The second-order valence-electron chi connectivity index (χ2n) is 10.6. The Balaban J connectivity index is 1.84. The van der Waals surface area contributed by atoms with E-state index < -0.39 is 39.3 Å². The summed E-state index contributed by atoms with van der Waals surface area (Å²) in [5.41, 5.74) is 1.34. The number of sulfonamides is 1. The Morgan fingerprint density at radius 1 is 0.979 bits per heavy atom. The average Bonchev–Trinajstić information content (AvgIpc) is 3.06. The third kappa shape index (κ3) is 8.46. The molecule has 0 aliphatic heterocycles. The minimum atomic E-state index is -4.56. The number of nitro groups is 1. The van der Waals surface area contributed by atoms with Crippen LogP contribution in [0.3, 0.4) is 0 Å². The largest absolute Gasteiger partial charge is 0.497 e. The van der Waals surface area contributed by atoms with Gasteiger partial charge in [0.05, 0.1) is 22.6 Å². The lowest BCUT2D eigenvalue weighted by Crippen LogP contribution is -2.53. The van der Waals surface area contributed by atoms with Crippen molar-refractivity contribution in [3.8, 4) is 5.75 Å². The molecule has 0 radical (unpaired) electrons. The van der Waals surface area contributed by atoms with E-state index in [1.54, 1.807) is 31.2 Å². The SMILES string of the molecule is CCNC(=O)[C@@H](Cc1ccccc1)N(Cc1ccccc1Cl)C(=O)CN(c1ccc(OC)cc1)S(=O)(=O)c1ccc(C)c([N+](=O)[O-])c1. The van der Waals surface area contributed by atoms with Crippen LogP contribution >= 0.6 is 11.6 Å². The topological polar surface area (TPSA) is 139 Å². The highest BCUT2D eigenvalue weighted by atomic mass is 35.5. The maximum atomic E-state index is 14.5. The summed E-state index contributed by atoms with van der Waals surface area (Å²) in [7, 11) is -3.10. The van der Waals surface area contributed by atoms with Crippen LogP contribution in [0, 0.1) is 17.0 Å². The summed E-state index contributed by atoms with van der Waals surface area (Å²) >= 11 is 6.50. The number of amides is 2. The number of methoxy groups -OCH3 is 1. The number of carbonyl (C=O) groups is 2. The third-order valence-corrected chi connectivity index (χ3v) is 9.66. The van der Waals surface area contributed by atoms with E-state index in [0.29, 0.717) is 22.9 Å². The summed E-state index contributed by atoms with van der Waals surface area (Å²) in [6.45, 7) is 2.73. The molecule has 0 saturated heterocycles. The van der Waals surface area contributed by atoms with Gasteiger partial charge in [-0.3, -0.25) is 24.0 Å². The molecule has 0 spiro atoms. The fourth-order valence-electron chi connectivity index (χ4n) is 5.01. The van der Waals surface area contributed by atoms with Crippen LogP contribution in [0.5, 0.6) is 5.75 Å². The van der Waals surface area contributed by atoms with Crippen LogP contribution in [0.25, 0.3) is 0 Å². The molecule has 4 aromatic rings. The first-order valence-corrected chi connectivity index (χ1v) is 16.5. The molecule has 0 bridgehead atoms. The molecule has 11 nitrogen and oxygen atoms in total. The second kappa shape index (κ2) is 15.6. The number of ether oxygens (including phenoxy) is 1. The van der Waals surface area contributed by atoms with Gasteiger partial charge >= 0.3 is 0 Å². The van der Waals surface area contributed by atoms with Crippen molar-refractivity contribution in [1.29, 1.82) is 0 Å². The minimum absolute atomic E-state index is 0.0976. The molecule has 0 unspecified atom stereocenters. The molecule has 1 N–H and O–H groups in total. The number of nitro benzene ring substituents is 1. The Labute approximate surface area is 278 Å². The molecule has 47 heavy (non-hydrogen) atoms. The number of anilines is 1. The van der Waals surface area contributed by atoms with Gasteiger partial charge in [0, 0.05) is 36.2 Å². The molecule has 4 rings (SSSR count). The van der Waals surface area contributed by atoms with Crippen LogP contribution in [0.2, 0.25) is 5.02 Å². The first-order chi connectivity index (χ1) is 22.5. The summed E-state index contributed by atoms with van der Waals surface area (Å²) in [6, 6.07) is 24.6. The zero-order chi connectivity index (χ0) is 34.1. The van der Waals surface area contributed by atoms with Crippen molar-refractivity contribution < 1.29 is 27.7 Å². The lowest BCUT2D eigenvalue weighted by molar-refractivity contribution is -0.385. The van der Waals surface area contributed by atoms with Crippen LogP contribution in [0.1, 0.15) is 23.6 Å². The lowest BCUT2D eigenvalue weighted by atomic mass is 10.0. The summed E-state index contributed by atoms with van der Waals surface area (Å²) in [5, 5.41) is 14.9. The van der Waals surface area contributed by atoms with Crippen LogP contribution < -0.4 is 14.4 Å². The molecule has 2 amide bonds. The number of hydrogen-bond donors (Lipinski definition) is 1. The molecule has 1 atom stereocenters. The number of likely N-dealkylation sites (N-methyl/N-ethyl adjacent to an activating group) is 1. The van der Waals surface area contributed by atoms with Gasteiger partial charge in [-0.1, -0.05) is 66.2 Å². The lowest BCUT2D eigenvalue weighted by Gasteiger charge is -2.34. The predicted octanol–water partition coefficient (Wildman–Crippen LogP) is 5.54. The van der Waals surface area contributed by atoms with Crippen molar-refractivity contribution >= 4 is 44.8 Å². The van der Waals surface area contributed by atoms with Gasteiger partial charge in [-0.25, -0.2) is 8.42 Å². The Hall–Kier alpha value is -4.94. The number of hydrogen-bond acceptors (Lipinski definition) is 7. The Morgan fingerprint density at radius 3 is 2.26 bits per heavy atom. The van der Waals surface area contributed by atoms with Crippen LogP contribution in [0.15, 0.2) is 102 Å². The highest BCUT2D eigenvalue weighted by molar-refractivity contribution is 7.92. The Bertz CT molecular complexity index is 1840. The van der Waals surface area contributed by atoms with E-state index in [-0.39, 0.29) is 34.8 Å².